The SMILES string of the molecule is N[C@H](CO)c1cccc(-c2cc(OC[C@@H]3CCCO3)cc(C(=O)Nc3ccccc3CC(=O)O)c2)c1. The van der Waals surface area contributed by atoms with Crippen LogP contribution in [0.5, 0.6) is 5.75 Å². The van der Waals surface area contributed by atoms with Crippen molar-refractivity contribution in [1.29, 1.82) is 0 Å². The van der Waals surface area contributed by atoms with E-state index in [1.807, 2.05) is 30.3 Å². The smallest absolute Gasteiger partial charge is 0.307 e. The number of carboxylic acids is 1. The third kappa shape index (κ3) is 6.48. The predicted molar refractivity (Wildman–Crippen MR) is 136 cm³/mol. The Morgan fingerprint density at radius 2 is 1.92 bits per heavy atom. The summed E-state index contributed by atoms with van der Waals surface area (Å²) >= 11 is 0. The zero-order valence-corrected chi connectivity index (χ0v) is 19.9. The van der Waals surface area contributed by atoms with Crippen LogP contribution in [0.4, 0.5) is 5.69 Å². The molecule has 0 aliphatic carbocycles. The van der Waals surface area contributed by atoms with Crippen LogP contribution in [-0.4, -0.2) is 48.0 Å². The maximum Gasteiger partial charge on any atom is 0.307 e. The second-order valence-electron chi connectivity index (χ2n) is 8.79. The van der Waals surface area contributed by atoms with E-state index in [0.29, 0.717) is 29.2 Å². The number of nitrogens with two attached hydrogens (primary N) is 1. The van der Waals surface area contributed by atoms with Crippen LogP contribution in [0.1, 0.15) is 40.4 Å². The number of carboxylic acid groups (broad SMARTS) is 1. The van der Waals surface area contributed by atoms with E-state index in [1.165, 1.54) is 0 Å². The van der Waals surface area contributed by atoms with E-state index >= 15 is 0 Å². The third-order valence-electron chi connectivity index (χ3n) is 6.08. The Hall–Kier alpha value is -3.72. The average Bonchev–Trinajstić information content (AvgIpc) is 3.41. The molecule has 2 atom stereocenters. The van der Waals surface area contributed by atoms with Crippen molar-refractivity contribution in [3.8, 4) is 16.9 Å². The van der Waals surface area contributed by atoms with Gasteiger partial charge in [-0.2, -0.15) is 0 Å². The number of benzene rings is 3. The molecule has 1 amide bonds. The van der Waals surface area contributed by atoms with E-state index in [1.54, 1.807) is 36.4 Å². The molecule has 0 spiro atoms. The maximum atomic E-state index is 13.3. The minimum absolute atomic E-state index is 0.0136. The van der Waals surface area contributed by atoms with Gasteiger partial charge in [0.15, 0.2) is 0 Å². The normalized spacial score (nSPS) is 15.9. The molecule has 0 radical (unpaired) electrons. The topological polar surface area (TPSA) is 131 Å². The molecule has 1 aliphatic heterocycles. The summed E-state index contributed by atoms with van der Waals surface area (Å²) in [5.41, 5.74) is 9.65. The molecule has 36 heavy (non-hydrogen) atoms. The Balaban J connectivity index is 1.65. The summed E-state index contributed by atoms with van der Waals surface area (Å²) in [6, 6.07) is 19.0. The lowest BCUT2D eigenvalue weighted by molar-refractivity contribution is -0.136. The number of hydrogen-bond donors (Lipinski definition) is 4. The van der Waals surface area contributed by atoms with E-state index in [4.69, 9.17) is 15.2 Å². The van der Waals surface area contributed by atoms with Gasteiger partial charge in [-0.3, -0.25) is 9.59 Å². The number of aliphatic hydroxyl groups excluding tert-OH is 1. The molecule has 3 aromatic carbocycles. The van der Waals surface area contributed by atoms with Gasteiger partial charge in [0.05, 0.1) is 25.2 Å². The molecule has 1 heterocycles. The van der Waals surface area contributed by atoms with Gasteiger partial charge in [-0.1, -0.05) is 36.4 Å². The molecule has 0 aromatic heterocycles. The number of carbonyl (C=O) groups excluding carboxylic acids is 1. The number of nitrogens with one attached hydrogen (secondary N) is 1. The summed E-state index contributed by atoms with van der Waals surface area (Å²) in [5.74, 6) is -0.854. The van der Waals surface area contributed by atoms with Crippen LogP contribution in [0.3, 0.4) is 0 Å². The van der Waals surface area contributed by atoms with Crippen LogP contribution in [0.2, 0.25) is 0 Å². The van der Waals surface area contributed by atoms with Crippen molar-refractivity contribution in [2.24, 2.45) is 5.73 Å². The quantitative estimate of drug-likeness (QED) is 0.340. The molecule has 188 valence electrons. The fourth-order valence-electron chi connectivity index (χ4n) is 4.15. The number of aliphatic hydroxyl groups is 1. The summed E-state index contributed by atoms with van der Waals surface area (Å²) in [5, 5.41) is 21.5. The molecule has 8 heteroatoms. The number of aliphatic carboxylic acids is 1. The number of anilines is 1. The first-order valence-corrected chi connectivity index (χ1v) is 11.9. The van der Waals surface area contributed by atoms with Gasteiger partial charge >= 0.3 is 5.97 Å². The maximum absolute atomic E-state index is 13.3. The number of rotatable bonds is 10. The highest BCUT2D eigenvalue weighted by Crippen LogP contribution is 2.29. The Morgan fingerprint density at radius 1 is 1.08 bits per heavy atom. The molecule has 4 rings (SSSR count). The Morgan fingerprint density at radius 3 is 2.67 bits per heavy atom. The number of ether oxygens (including phenoxy) is 2. The van der Waals surface area contributed by atoms with Crippen molar-refractivity contribution >= 4 is 17.6 Å². The molecule has 5 N–H and O–H groups in total. The lowest BCUT2D eigenvalue weighted by Crippen LogP contribution is -2.17. The van der Waals surface area contributed by atoms with Crippen molar-refractivity contribution in [2.45, 2.75) is 31.4 Å². The average molecular weight is 491 g/mol. The van der Waals surface area contributed by atoms with Gasteiger partial charge in [0.1, 0.15) is 12.4 Å². The molecule has 1 fully saturated rings. The molecule has 1 aliphatic rings. The minimum Gasteiger partial charge on any atom is -0.491 e. The van der Waals surface area contributed by atoms with Crippen molar-refractivity contribution in [1.82, 2.24) is 0 Å². The highest BCUT2D eigenvalue weighted by molar-refractivity contribution is 6.06. The lowest BCUT2D eigenvalue weighted by Gasteiger charge is -2.16. The Kier molecular flexibility index (Phi) is 8.32. The minimum atomic E-state index is -0.982. The summed E-state index contributed by atoms with van der Waals surface area (Å²) < 4.78 is 11.7. The molecule has 0 bridgehead atoms. The van der Waals surface area contributed by atoms with Crippen LogP contribution < -0.4 is 15.8 Å². The van der Waals surface area contributed by atoms with Crippen LogP contribution >= 0.6 is 0 Å². The molecular weight excluding hydrogens is 460 g/mol. The van der Waals surface area contributed by atoms with Gasteiger partial charge in [0.25, 0.3) is 5.91 Å². The fourth-order valence-corrected chi connectivity index (χ4v) is 4.15. The van der Waals surface area contributed by atoms with Gasteiger partial charge < -0.3 is 30.7 Å². The fraction of sp³-hybridized carbons (Fsp3) is 0.286. The van der Waals surface area contributed by atoms with E-state index in [9.17, 15) is 19.8 Å². The van der Waals surface area contributed by atoms with Crippen LogP contribution in [0.25, 0.3) is 11.1 Å². The zero-order chi connectivity index (χ0) is 25.5. The molecule has 1 saturated heterocycles. The number of para-hydroxylation sites is 1. The molecule has 0 saturated carbocycles. The molecule has 8 nitrogen and oxygen atoms in total. The molecule has 3 aromatic rings. The summed E-state index contributed by atoms with van der Waals surface area (Å²) in [6.07, 6.45) is 1.73. The van der Waals surface area contributed by atoms with Crippen molar-refractivity contribution in [2.75, 3.05) is 25.1 Å². The van der Waals surface area contributed by atoms with Crippen molar-refractivity contribution in [3.63, 3.8) is 0 Å². The van der Waals surface area contributed by atoms with E-state index < -0.39 is 12.0 Å². The first kappa shape index (κ1) is 25.4. The van der Waals surface area contributed by atoms with Crippen LogP contribution in [0.15, 0.2) is 66.7 Å². The van der Waals surface area contributed by atoms with Gasteiger partial charge in [0.2, 0.25) is 0 Å². The van der Waals surface area contributed by atoms with E-state index in [-0.39, 0.29) is 25.0 Å². The highest BCUT2D eigenvalue weighted by atomic mass is 16.5. The Labute approximate surface area is 209 Å². The zero-order valence-electron chi connectivity index (χ0n) is 19.9. The van der Waals surface area contributed by atoms with Gasteiger partial charge in [0, 0.05) is 17.9 Å². The van der Waals surface area contributed by atoms with Gasteiger partial charge in [-0.05, 0) is 65.4 Å². The van der Waals surface area contributed by atoms with Crippen molar-refractivity contribution < 1.29 is 29.3 Å². The first-order valence-electron chi connectivity index (χ1n) is 11.9. The summed E-state index contributed by atoms with van der Waals surface area (Å²) in [6.45, 7) is 0.911. The first-order chi connectivity index (χ1) is 17.4. The Bertz CT molecular complexity index is 1220. The van der Waals surface area contributed by atoms with Gasteiger partial charge in [-0.25, -0.2) is 0 Å². The lowest BCUT2D eigenvalue weighted by atomic mass is 9.98. The highest BCUT2D eigenvalue weighted by Gasteiger charge is 2.18. The molecular formula is C28H30N2O6. The van der Waals surface area contributed by atoms with E-state index in [0.717, 1.165) is 36.1 Å². The summed E-state index contributed by atoms with van der Waals surface area (Å²) in [7, 11) is 0. The second kappa shape index (κ2) is 11.8. The third-order valence-corrected chi connectivity index (χ3v) is 6.08. The van der Waals surface area contributed by atoms with E-state index in [2.05, 4.69) is 5.32 Å². The number of hydrogen-bond acceptors (Lipinski definition) is 6. The molecule has 0 unspecified atom stereocenters. The van der Waals surface area contributed by atoms with Crippen molar-refractivity contribution in [3.05, 3.63) is 83.4 Å². The number of carbonyl (C=O) groups is 2. The monoisotopic (exact) mass is 490 g/mol. The second-order valence-corrected chi connectivity index (χ2v) is 8.79. The van der Waals surface area contributed by atoms with Crippen LogP contribution in [-0.2, 0) is 16.0 Å². The largest absolute Gasteiger partial charge is 0.491 e. The van der Waals surface area contributed by atoms with Gasteiger partial charge in [-0.15, -0.1) is 0 Å². The number of amides is 1. The summed E-state index contributed by atoms with van der Waals surface area (Å²) in [4.78, 5) is 24.5. The van der Waals surface area contributed by atoms with Crippen LogP contribution in [0, 0.1) is 0 Å². The predicted octanol–water partition coefficient (Wildman–Crippen LogP) is 3.78. The standard InChI is InChI=1S/C28H30N2O6/c29-25(16-31)19-7-3-6-18(11-19)21-12-22(14-24(13-21)36-17-23-8-4-10-35-23)28(34)30-26-9-2-1-5-20(26)15-27(32)33/h1-3,5-7,9,11-14,23,25,31H,4,8,10,15-17,29H2,(H,30,34)(H,32,33)/t23-,25+/m0/s1.